The molecule has 0 aliphatic rings. The number of aliphatic hydroxyl groups excluding tert-OH is 1. The van der Waals surface area contributed by atoms with Crippen molar-refractivity contribution in [3.8, 4) is 0 Å². The van der Waals surface area contributed by atoms with Gasteiger partial charge in [0.05, 0.1) is 23.5 Å². The number of rotatable bonds is 5. The van der Waals surface area contributed by atoms with Crippen LogP contribution in [0.4, 0.5) is 0 Å². The lowest BCUT2D eigenvalue weighted by molar-refractivity contribution is 0.175. The van der Waals surface area contributed by atoms with Gasteiger partial charge in [0.15, 0.2) is 0 Å². The quantitative estimate of drug-likeness (QED) is 0.650. The van der Waals surface area contributed by atoms with Gasteiger partial charge in [0, 0.05) is 31.7 Å². The maximum atomic E-state index is 10.3. The maximum absolute atomic E-state index is 10.3. The molecule has 6 nitrogen and oxygen atoms in total. The lowest BCUT2D eigenvalue weighted by Gasteiger charge is -2.12. The Hall–Kier alpha value is -2.18. The predicted octanol–water partition coefficient (Wildman–Crippen LogP) is 1.12. The van der Waals surface area contributed by atoms with Crippen molar-refractivity contribution in [2.45, 2.75) is 12.6 Å². The molecule has 0 aliphatic heterocycles. The Balaban J connectivity index is 1.64. The third-order valence-corrected chi connectivity index (χ3v) is 3.29. The van der Waals surface area contributed by atoms with E-state index in [2.05, 4.69) is 20.6 Å². The first-order chi connectivity index (χ1) is 9.74. The van der Waals surface area contributed by atoms with E-state index >= 15 is 0 Å². The van der Waals surface area contributed by atoms with Crippen molar-refractivity contribution in [3.05, 3.63) is 47.9 Å². The lowest BCUT2D eigenvalue weighted by atomic mass is 10.1. The molecule has 6 heteroatoms. The molecule has 20 heavy (non-hydrogen) atoms. The lowest BCUT2D eigenvalue weighted by Crippen LogP contribution is -2.21. The van der Waals surface area contributed by atoms with Crippen molar-refractivity contribution in [1.82, 2.24) is 25.3 Å². The Bertz CT molecular complexity index is 702. The van der Waals surface area contributed by atoms with Crippen LogP contribution in [0.1, 0.15) is 17.4 Å². The minimum absolute atomic E-state index is 0.473. The molecule has 0 radical (unpaired) electrons. The van der Waals surface area contributed by atoms with Crippen LogP contribution in [-0.4, -0.2) is 31.6 Å². The van der Waals surface area contributed by atoms with E-state index < -0.39 is 6.10 Å². The Morgan fingerprint density at radius 1 is 1.40 bits per heavy atom. The summed E-state index contributed by atoms with van der Waals surface area (Å²) in [5, 5.41) is 25.7. The van der Waals surface area contributed by atoms with Crippen molar-refractivity contribution < 1.29 is 5.11 Å². The van der Waals surface area contributed by atoms with Crippen molar-refractivity contribution in [1.29, 1.82) is 0 Å². The van der Waals surface area contributed by atoms with Crippen LogP contribution in [0.15, 0.2) is 36.7 Å². The summed E-state index contributed by atoms with van der Waals surface area (Å²) in [4.78, 5) is 0. The first-order valence-corrected chi connectivity index (χ1v) is 6.53. The van der Waals surface area contributed by atoms with Crippen LogP contribution in [0.5, 0.6) is 0 Å². The van der Waals surface area contributed by atoms with Gasteiger partial charge in [-0.25, -0.2) is 0 Å². The number of nitrogens with one attached hydrogen (secondary N) is 2. The van der Waals surface area contributed by atoms with Gasteiger partial charge in [-0.3, -0.25) is 9.78 Å². The van der Waals surface area contributed by atoms with Crippen LogP contribution in [0.2, 0.25) is 0 Å². The number of hydrogen-bond acceptors (Lipinski definition) is 4. The molecule has 1 atom stereocenters. The fourth-order valence-corrected chi connectivity index (χ4v) is 2.29. The molecule has 0 fully saturated rings. The number of aromatic amines is 1. The largest absolute Gasteiger partial charge is 0.387 e. The zero-order chi connectivity index (χ0) is 13.9. The van der Waals surface area contributed by atoms with Crippen LogP contribution >= 0.6 is 0 Å². The first kappa shape index (κ1) is 12.8. The normalized spacial score (nSPS) is 12.9. The molecule has 0 unspecified atom stereocenters. The zero-order valence-electron chi connectivity index (χ0n) is 11.2. The van der Waals surface area contributed by atoms with E-state index in [1.807, 2.05) is 37.5 Å². The van der Waals surface area contributed by atoms with Gasteiger partial charge in [0.1, 0.15) is 0 Å². The standard InChI is InChI=1S/C14H17N5O/c1-19-6-5-10(18-19)7-15-9-14(20)11-3-2-4-13-12(11)8-16-17-13/h2-6,8,14-15,20H,7,9H2,1H3,(H,16,17)/t14-/m0/s1. The Kier molecular flexibility index (Phi) is 3.49. The Morgan fingerprint density at radius 2 is 2.30 bits per heavy atom. The average Bonchev–Trinajstić information content (AvgIpc) is 3.06. The molecule has 2 aromatic heterocycles. The van der Waals surface area contributed by atoms with Gasteiger partial charge in [-0.1, -0.05) is 12.1 Å². The van der Waals surface area contributed by atoms with E-state index in [9.17, 15) is 5.11 Å². The highest BCUT2D eigenvalue weighted by atomic mass is 16.3. The van der Waals surface area contributed by atoms with Crippen LogP contribution < -0.4 is 5.32 Å². The minimum atomic E-state index is -0.569. The van der Waals surface area contributed by atoms with Gasteiger partial charge in [-0.2, -0.15) is 10.2 Å². The van der Waals surface area contributed by atoms with E-state index in [-0.39, 0.29) is 0 Å². The fraction of sp³-hybridized carbons (Fsp3) is 0.286. The molecule has 3 aromatic rings. The van der Waals surface area contributed by atoms with Crippen molar-refractivity contribution in [2.75, 3.05) is 6.54 Å². The molecule has 0 bridgehead atoms. The van der Waals surface area contributed by atoms with E-state index in [0.29, 0.717) is 13.1 Å². The third kappa shape index (κ3) is 2.56. The fourth-order valence-electron chi connectivity index (χ4n) is 2.29. The summed E-state index contributed by atoms with van der Waals surface area (Å²) in [7, 11) is 1.89. The molecule has 0 saturated heterocycles. The summed E-state index contributed by atoms with van der Waals surface area (Å²) in [5.41, 5.74) is 2.78. The summed E-state index contributed by atoms with van der Waals surface area (Å²) in [6.45, 7) is 1.11. The molecule has 104 valence electrons. The highest BCUT2D eigenvalue weighted by Crippen LogP contribution is 2.22. The molecule has 3 N–H and O–H groups in total. The zero-order valence-corrected chi connectivity index (χ0v) is 11.2. The molecule has 0 amide bonds. The Morgan fingerprint density at radius 3 is 3.10 bits per heavy atom. The van der Waals surface area contributed by atoms with Crippen molar-refractivity contribution in [2.24, 2.45) is 7.05 Å². The number of nitrogens with zero attached hydrogens (tertiary/aromatic N) is 3. The van der Waals surface area contributed by atoms with Crippen LogP contribution in [-0.2, 0) is 13.6 Å². The number of aromatic nitrogens is 4. The van der Waals surface area contributed by atoms with Crippen LogP contribution in [0, 0.1) is 0 Å². The van der Waals surface area contributed by atoms with Crippen molar-refractivity contribution >= 4 is 10.9 Å². The van der Waals surface area contributed by atoms with E-state index in [1.54, 1.807) is 10.9 Å². The summed E-state index contributed by atoms with van der Waals surface area (Å²) in [6.07, 6.45) is 3.08. The monoisotopic (exact) mass is 271 g/mol. The molecule has 0 saturated carbocycles. The number of H-pyrrole nitrogens is 1. The molecule has 1 aromatic carbocycles. The summed E-state index contributed by atoms with van der Waals surface area (Å²) in [5.74, 6) is 0. The minimum Gasteiger partial charge on any atom is -0.387 e. The van der Waals surface area contributed by atoms with Gasteiger partial charge in [0.25, 0.3) is 0 Å². The molecular weight excluding hydrogens is 254 g/mol. The number of aliphatic hydroxyl groups is 1. The van der Waals surface area contributed by atoms with Gasteiger partial charge in [-0.05, 0) is 17.7 Å². The maximum Gasteiger partial charge on any atom is 0.0921 e. The third-order valence-electron chi connectivity index (χ3n) is 3.29. The smallest absolute Gasteiger partial charge is 0.0921 e. The van der Waals surface area contributed by atoms with Crippen LogP contribution in [0.25, 0.3) is 10.9 Å². The first-order valence-electron chi connectivity index (χ1n) is 6.53. The summed E-state index contributed by atoms with van der Waals surface area (Å²) < 4.78 is 1.76. The van der Waals surface area contributed by atoms with Gasteiger partial charge in [-0.15, -0.1) is 0 Å². The van der Waals surface area contributed by atoms with E-state index in [0.717, 1.165) is 22.2 Å². The number of aryl methyl sites for hydroxylation is 1. The second-order valence-corrected chi connectivity index (χ2v) is 4.81. The highest BCUT2D eigenvalue weighted by Gasteiger charge is 2.11. The molecule has 0 aliphatic carbocycles. The summed E-state index contributed by atoms with van der Waals surface area (Å²) in [6, 6.07) is 7.73. The topological polar surface area (TPSA) is 78.8 Å². The predicted molar refractivity (Wildman–Crippen MR) is 76.0 cm³/mol. The van der Waals surface area contributed by atoms with Gasteiger partial charge >= 0.3 is 0 Å². The molecule has 3 rings (SSSR count). The van der Waals surface area contributed by atoms with Crippen molar-refractivity contribution in [3.63, 3.8) is 0 Å². The average molecular weight is 271 g/mol. The number of benzene rings is 1. The van der Waals surface area contributed by atoms with Gasteiger partial charge in [0.2, 0.25) is 0 Å². The molecular formula is C14H17N5O. The Labute approximate surface area is 116 Å². The molecule has 0 spiro atoms. The number of fused-ring (bicyclic) bond motifs is 1. The van der Waals surface area contributed by atoms with E-state index in [4.69, 9.17) is 0 Å². The van der Waals surface area contributed by atoms with Crippen LogP contribution in [0.3, 0.4) is 0 Å². The highest BCUT2D eigenvalue weighted by molar-refractivity contribution is 5.81. The second-order valence-electron chi connectivity index (χ2n) is 4.81. The second kappa shape index (κ2) is 5.44. The number of hydrogen-bond donors (Lipinski definition) is 3. The summed E-state index contributed by atoms with van der Waals surface area (Å²) >= 11 is 0. The van der Waals surface area contributed by atoms with E-state index in [1.165, 1.54) is 0 Å². The molecule has 2 heterocycles. The SMILES string of the molecule is Cn1ccc(CNC[C@H](O)c2cccc3[nH]ncc23)n1. The van der Waals surface area contributed by atoms with Gasteiger partial charge < -0.3 is 10.4 Å².